The lowest BCUT2D eigenvalue weighted by atomic mass is 9.85. The Morgan fingerprint density at radius 3 is 2.39 bits per heavy atom. The first-order chi connectivity index (χ1) is 14.3. The van der Waals surface area contributed by atoms with Crippen LogP contribution in [0.4, 0.5) is 5.69 Å². The van der Waals surface area contributed by atoms with Gasteiger partial charge in [0.2, 0.25) is 5.91 Å². The number of hydrogen-bond acceptors (Lipinski definition) is 4. The number of carbonyl (C=O) groups is 1. The first-order valence-corrected chi connectivity index (χ1v) is 12.4. The van der Waals surface area contributed by atoms with Crippen LogP contribution in [0.1, 0.15) is 44.9 Å². The Hall–Kier alpha value is -1.01. The molecule has 172 valence electrons. The van der Waals surface area contributed by atoms with Crippen LogP contribution in [0.5, 0.6) is 0 Å². The van der Waals surface area contributed by atoms with Gasteiger partial charge >= 0.3 is 0 Å². The number of fused-ring (bicyclic) bond motifs is 1. The van der Waals surface area contributed by atoms with Gasteiger partial charge in [0.1, 0.15) is 0 Å². The standard InChI is InChI=1S/C24H33N3OS.2ClH/c28-23-24(9-1-2-10-24)11-14-27(23)13-4-3-12-25-15-17-26(18-16-25)21-6-5-7-22-20(21)8-19-29-22;;/h5-8,19H,1-4,9-18H2;2*1H. The second kappa shape index (κ2) is 10.7. The highest BCUT2D eigenvalue weighted by atomic mass is 35.5. The molecule has 1 aromatic carbocycles. The van der Waals surface area contributed by atoms with E-state index in [4.69, 9.17) is 0 Å². The van der Waals surface area contributed by atoms with E-state index in [2.05, 4.69) is 44.3 Å². The predicted octanol–water partition coefficient (Wildman–Crippen LogP) is 5.44. The van der Waals surface area contributed by atoms with Crippen LogP contribution < -0.4 is 4.90 Å². The summed E-state index contributed by atoms with van der Waals surface area (Å²) in [4.78, 5) is 20.1. The molecule has 3 heterocycles. The van der Waals surface area contributed by atoms with Crippen LogP contribution in [0, 0.1) is 5.41 Å². The molecule has 7 heteroatoms. The van der Waals surface area contributed by atoms with E-state index in [-0.39, 0.29) is 30.2 Å². The first kappa shape index (κ1) is 24.6. The number of rotatable bonds is 6. The van der Waals surface area contributed by atoms with Crippen molar-refractivity contribution in [1.29, 1.82) is 0 Å². The summed E-state index contributed by atoms with van der Waals surface area (Å²) in [5, 5.41) is 3.60. The molecular weight excluding hydrogens is 449 g/mol. The molecule has 1 aliphatic carbocycles. The highest BCUT2D eigenvalue weighted by molar-refractivity contribution is 7.17. The Morgan fingerprint density at radius 2 is 1.61 bits per heavy atom. The number of thiophene rings is 1. The zero-order chi connectivity index (χ0) is 19.7. The van der Waals surface area contributed by atoms with Gasteiger partial charge in [0.05, 0.1) is 5.41 Å². The topological polar surface area (TPSA) is 26.8 Å². The van der Waals surface area contributed by atoms with E-state index >= 15 is 0 Å². The normalized spacial score (nSPS) is 21.0. The molecular formula is C24H35Cl2N3OS. The summed E-state index contributed by atoms with van der Waals surface area (Å²) in [6, 6.07) is 8.95. The molecule has 0 radical (unpaired) electrons. The SMILES string of the molecule is Cl.Cl.O=C1N(CCCCN2CCN(c3cccc4sccc34)CC2)CCC12CCCC2. The summed E-state index contributed by atoms with van der Waals surface area (Å²) in [7, 11) is 0. The molecule has 1 amide bonds. The Bertz CT molecular complexity index is 859. The van der Waals surface area contributed by atoms with Crippen LogP contribution in [-0.4, -0.2) is 61.5 Å². The van der Waals surface area contributed by atoms with Gasteiger partial charge in [-0.05, 0) is 62.2 Å². The van der Waals surface area contributed by atoms with E-state index in [9.17, 15) is 4.79 Å². The van der Waals surface area contributed by atoms with Gasteiger partial charge in [-0.25, -0.2) is 0 Å². The van der Waals surface area contributed by atoms with Crippen molar-refractivity contribution >= 4 is 57.8 Å². The first-order valence-electron chi connectivity index (χ1n) is 11.5. The fourth-order valence-electron chi connectivity index (χ4n) is 5.73. The van der Waals surface area contributed by atoms with Gasteiger partial charge in [-0.3, -0.25) is 9.69 Å². The molecule has 0 unspecified atom stereocenters. The number of anilines is 1. The molecule has 31 heavy (non-hydrogen) atoms. The third kappa shape index (κ3) is 5.00. The number of halogens is 2. The fraction of sp³-hybridized carbons (Fsp3) is 0.625. The van der Waals surface area contributed by atoms with Gasteiger partial charge in [-0.1, -0.05) is 18.9 Å². The molecule has 3 aliphatic rings. The largest absolute Gasteiger partial charge is 0.368 e. The summed E-state index contributed by atoms with van der Waals surface area (Å²) < 4.78 is 1.39. The van der Waals surface area contributed by atoms with Crippen LogP contribution in [0.25, 0.3) is 10.1 Å². The number of piperazine rings is 1. The minimum atomic E-state index is 0. The molecule has 1 spiro atoms. The van der Waals surface area contributed by atoms with E-state index in [1.54, 1.807) is 0 Å². The molecule has 1 aromatic heterocycles. The van der Waals surface area contributed by atoms with E-state index in [1.165, 1.54) is 41.6 Å². The average molecular weight is 485 g/mol. The number of benzene rings is 1. The van der Waals surface area contributed by atoms with Crippen LogP contribution in [0.15, 0.2) is 29.6 Å². The summed E-state index contributed by atoms with van der Waals surface area (Å²) >= 11 is 1.83. The lowest BCUT2D eigenvalue weighted by Gasteiger charge is -2.36. The molecule has 4 nitrogen and oxygen atoms in total. The Morgan fingerprint density at radius 1 is 0.871 bits per heavy atom. The average Bonchev–Trinajstić information content (AvgIpc) is 3.49. The number of amides is 1. The minimum absolute atomic E-state index is 0. The Balaban J connectivity index is 0.00000136. The number of carbonyl (C=O) groups excluding carboxylic acids is 1. The van der Waals surface area contributed by atoms with Gasteiger partial charge < -0.3 is 9.80 Å². The Labute approximate surface area is 202 Å². The summed E-state index contributed by atoms with van der Waals surface area (Å²) in [5.74, 6) is 0.478. The van der Waals surface area contributed by atoms with Crippen LogP contribution in [0.2, 0.25) is 0 Å². The molecule has 0 bridgehead atoms. The smallest absolute Gasteiger partial charge is 0.228 e. The van der Waals surface area contributed by atoms with Crippen molar-refractivity contribution in [3.05, 3.63) is 29.6 Å². The monoisotopic (exact) mass is 483 g/mol. The second-order valence-electron chi connectivity index (χ2n) is 9.17. The van der Waals surface area contributed by atoms with Crippen molar-refractivity contribution in [2.75, 3.05) is 50.7 Å². The van der Waals surface area contributed by atoms with E-state index < -0.39 is 0 Å². The van der Waals surface area contributed by atoms with E-state index in [0.717, 1.165) is 65.0 Å². The third-order valence-corrected chi connectivity index (χ3v) is 8.38. The lowest BCUT2D eigenvalue weighted by Crippen LogP contribution is -2.46. The van der Waals surface area contributed by atoms with E-state index in [1.807, 2.05) is 11.3 Å². The molecule has 2 saturated heterocycles. The van der Waals surface area contributed by atoms with Gasteiger partial charge in [-0.15, -0.1) is 36.2 Å². The number of unbranched alkanes of at least 4 members (excludes halogenated alkanes) is 1. The van der Waals surface area contributed by atoms with Gasteiger partial charge in [0.25, 0.3) is 0 Å². The van der Waals surface area contributed by atoms with Crippen molar-refractivity contribution in [2.45, 2.75) is 44.9 Å². The van der Waals surface area contributed by atoms with Crippen molar-refractivity contribution in [3.8, 4) is 0 Å². The second-order valence-corrected chi connectivity index (χ2v) is 10.1. The lowest BCUT2D eigenvalue weighted by molar-refractivity contribution is -0.135. The van der Waals surface area contributed by atoms with Crippen molar-refractivity contribution in [2.24, 2.45) is 5.41 Å². The quantitative estimate of drug-likeness (QED) is 0.511. The molecule has 3 fully saturated rings. The number of nitrogens with zero attached hydrogens (tertiary/aromatic N) is 3. The van der Waals surface area contributed by atoms with Crippen LogP contribution >= 0.6 is 36.2 Å². The molecule has 1 saturated carbocycles. The highest BCUT2D eigenvalue weighted by Crippen LogP contribution is 2.46. The number of hydrogen-bond donors (Lipinski definition) is 0. The van der Waals surface area contributed by atoms with Crippen molar-refractivity contribution in [3.63, 3.8) is 0 Å². The van der Waals surface area contributed by atoms with E-state index in [0.29, 0.717) is 5.91 Å². The summed E-state index contributed by atoms with van der Waals surface area (Å²) in [6.45, 7) is 7.67. The molecule has 0 atom stereocenters. The zero-order valence-corrected chi connectivity index (χ0v) is 20.7. The zero-order valence-electron chi connectivity index (χ0n) is 18.3. The van der Waals surface area contributed by atoms with Gasteiger partial charge in [0, 0.05) is 55.0 Å². The van der Waals surface area contributed by atoms with Crippen LogP contribution in [0.3, 0.4) is 0 Å². The van der Waals surface area contributed by atoms with Gasteiger partial charge in [0.15, 0.2) is 0 Å². The maximum atomic E-state index is 12.8. The third-order valence-electron chi connectivity index (χ3n) is 7.50. The van der Waals surface area contributed by atoms with Crippen LogP contribution in [-0.2, 0) is 4.79 Å². The van der Waals surface area contributed by atoms with Gasteiger partial charge in [-0.2, -0.15) is 0 Å². The number of likely N-dealkylation sites (tertiary alicyclic amines) is 1. The summed E-state index contributed by atoms with van der Waals surface area (Å²) in [6.07, 6.45) is 8.27. The fourth-order valence-corrected chi connectivity index (χ4v) is 6.53. The van der Waals surface area contributed by atoms with Crippen molar-refractivity contribution < 1.29 is 4.79 Å². The molecule has 2 aromatic rings. The minimum Gasteiger partial charge on any atom is -0.368 e. The highest BCUT2D eigenvalue weighted by Gasteiger charge is 2.47. The molecule has 2 aliphatic heterocycles. The van der Waals surface area contributed by atoms with Crippen molar-refractivity contribution in [1.82, 2.24) is 9.80 Å². The Kier molecular flexibility index (Phi) is 8.53. The summed E-state index contributed by atoms with van der Waals surface area (Å²) in [5.41, 5.74) is 1.46. The predicted molar refractivity (Wildman–Crippen MR) is 136 cm³/mol. The maximum absolute atomic E-state index is 12.8. The molecule has 0 N–H and O–H groups in total. The molecule has 5 rings (SSSR count). The maximum Gasteiger partial charge on any atom is 0.228 e.